The summed E-state index contributed by atoms with van der Waals surface area (Å²) in [6, 6.07) is 3.61. The SMILES string of the molecule is O=C(CN1CCC(CNC(=O)c2cc(F)cc(Cl)c2)CC1)NC1(C(F)(F)F)CC1. The van der Waals surface area contributed by atoms with Gasteiger partial charge in [0.05, 0.1) is 6.54 Å². The molecular formula is C19H22ClF4N3O2. The zero-order chi connectivity index (χ0) is 21.2. The van der Waals surface area contributed by atoms with Gasteiger partial charge in [0.25, 0.3) is 5.91 Å². The highest BCUT2D eigenvalue weighted by atomic mass is 35.5. The fourth-order valence-corrected chi connectivity index (χ4v) is 3.71. The molecule has 2 aliphatic rings. The van der Waals surface area contributed by atoms with Gasteiger partial charge in [-0.25, -0.2) is 4.39 Å². The lowest BCUT2D eigenvalue weighted by Crippen LogP contribution is -2.51. The fraction of sp³-hybridized carbons (Fsp3) is 0.579. The molecular weight excluding hydrogens is 414 g/mol. The largest absolute Gasteiger partial charge is 0.411 e. The maximum atomic E-state index is 13.3. The molecule has 3 rings (SSSR count). The first-order chi connectivity index (χ1) is 13.6. The monoisotopic (exact) mass is 435 g/mol. The van der Waals surface area contributed by atoms with Gasteiger partial charge < -0.3 is 10.6 Å². The van der Waals surface area contributed by atoms with Crippen LogP contribution >= 0.6 is 11.6 Å². The summed E-state index contributed by atoms with van der Waals surface area (Å²) in [6.07, 6.45) is -3.16. The first kappa shape index (κ1) is 21.8. The molecule has 0 atom stereocenters. The van der Waals surface area contributed by atoms with E-state index in [0.717, 1.165) is 12.1 Å². The molecule has 1 aliphatic heterocycles. The highest BCUT2D eigenvalue weighted by molar-refractivity contribution is 6.31. The molecule has 0 aromatic heterocycles. The Bertz CT molecular complexity index is 755. The number of halogens is 5. The Morgan fingerprint density at radius 1 is 1.17 bits per heavy atom. The first-order valence-electron chi connectivity index (χ1n) is 9.42. The van der Waals surface area contributed by atoms with E-state index < -0.39 is 29.3 Å². The Hall–Kier alpha value is -1.87. The van der Waals surface area contributed by atoms with E-state index in [2.05, 4.69) is 10.6 Å². The normalized spacial score (nSPS) is 19.6. The van der Waals surface area contributed by atoms with E-state index in [-0.39, 0.29) is 35.9 Å². The lowest BCUT2D eigenvalue weighted by atomic mass is 9.96. The quantitative estimate of drug-likeness (QED) is 0.675. The van der Waals surface area contributed by atoms with E-state index in [4.69, 9.17) is 11.6 Å². The van der Waals surface area contributed by atoms with Crippen molar-refractivity contribution in [1.29, 1.82) is 0 Å². The Kier molecular flexibility index (Phi) is 6.38. The molecule has 29 heavy (non-hydrogen) atoms. The Balaban J connectivity index is 1.39. The van der Waals surface area contributed by atoms with Gasteiger partial charge in [0, 0.05) is 17.1 Å². The van der Waals surface area contributed by atoms with Crippen molar-refractivity contribution >= 4 is 23.4 Å². The summed E-state index contributed by atoms with van der Waals surface area (Å²) in [7, 11) is 0. The minimum absolute atomic E-state index is 0.0689. The van der Waals surface area contributed by atoms with Crippen molar-refractivity contribution in [2.45, 2.75) is 37.4 Å². The van der Waals surface area contributed by atoms with Gasteiger partial charge in [-0.15, -0.1) is 0 Å². The van der Waals surface area contributed by atoms with Crippen molar-refractivity contribution in [2.75, 3.05) is 26.2 Å². The van der Waals surface area contributed by atoms with Gasteiger partial charge >= 0.3 is 6.18 Å². The molecule has 1 aliphatic carbocycles. The van der Waals surface area contributed by atoms with E-state index >= 15 is 0 Å². The lowest BCUT2D eigenvalue weighted by molar-refractivity contribution is -0.170. The molecule has 0 bridgehead atoms. The number of amides is 2. The van der Waals surface area contributed by atoms with Crippen molar-refractivity contribution in [2.24, 2.45) is 5.92 Å². The molecule has 1 saturated carbocycles. The molecule has 0 spiro atoms. The van der Waals surface area contributed by atoms with Crippen LogP contribution in [-0.2, 0) is 4.79 Å². The molecule has 1 aromatic carbocycles. The summed E-state index contributed by atoms with van der Waals surface area (Å²) < 4.78 is 52.1. The first-order valence-corrected chi connectivity index (χ1v) is 9.80. The minimum Gasteiger partial charge on any atom is -0.352 e. The topological polar surface area (TPSA) is 61.4 Å². The van der Waals surface area contributed by atoms with Crippen LogP contribution in [0.5, 0.6) is 0 Å². The highest BCUT2D eigenvalue weighted by Gasteiger charge is 2.64. The molecule has 1 saturated heterocycles. The molecule has 160 valence electrons. The molecule has 10 heteroatoms. The van der Waals surface area contributed by atoms with Crippen LogP contribution in [-0.4, -0.2) is 54.6 Å². The van der Waals surface area contributed by atoms with E-state index in [9.17, 15) is 27.2 Å². The van der Waals surface area contributed by atoms with Crippen LogP contribution in [0.25, 0.3) is 0 Å². The minimum atomic E-state index is -4.42. The predicted molar refractivity (Wildman–Crippen MR) is 99.1 cm³/mol. The second-order valence-corrected chi connectivity index (χ2v) is 8.15. The van der Waals surface area contributed by atoms with Crippen molar-refractivity contribution in [3.63, 3.8) is 0 Å². The third kappa shape index (κ3) is 5.60. The highest BCUT2D eigenvalue weighted by Crippen LogP contribution is 2.48. The van der Waals surface area contributed by atoms with Gasteiger partial charge in [-0.05, 0) is 62.9 Å². The second-order valence-electron chi connectivity index (χ2n) is 7.72. The molecule has 5 nitrogen and oxygen atoms in total. The van der Waals surface area contributed by atoms with Crippen LogP contribution in [0.15, 0.2) is 18.2 Å². The zero-order valence-electron chi connectivity index (χ0n) is 15.6. The number of benzene rings is 1. The van der Waals surface area contributed by atoms with Crippen LogP contribution in [0.1, 0.15) is 36.0 Å². The number of carbonyl (C=O) groups is 2. The molecule has 1 aromatic rings. The Labute approximate surface area is 170 Å². The lowest BCUT2D eigenvalue weighted by Gasteiger charge is -2.32. The van der Waals surface area contributed by atoms with Crippen LogP contribution < -0.4 is 10.6 Å². The standard InChI is InChI=1S/C19H22ClF4N3O2/c20-14-7-13(8-15(21)9-14)17(29)25-10-12-1-5-27(6-2-12)11-16(28)26-18(3-4-18)19(22,23)24/h7-9,12H,1-6,10-11H2,(H,25,29)(H,26,28). The number of alkyl halides is 3. The number of nitrogens with one attached hydrogen (secondary N) is 2. The zero-order valence-corrected chi connectivity index (χ0v) is 16.4. The van der Waals surface area contributed by atoms with Crippen LogP contribution in [0.4, 0.5) is 17.6 Å². The van der Waals surface area contributed by atoms with Gasteiger partial charge in [0.15, 0.2) is 0 Å². The predicted octanol–water partition coefficient (Wildman–Crippen LogP) is 3.13. The molecule has 0 unspecified atom stereocenters. The van der Waals surface area contributed by atoms with Gasteiger partial charge in [0.1, 0.15) is 11.4 Å². The van der Waals surface area contributed by atoms with Crippen molar-refractivity contribution in [3.05, 3.63) is 34.6 Å². The molecule has 1 heterocycles. The van der Waals surface area contributed by atoms with Crippen molar-refractivity contribution in [3.8, 4) is 0 Å². The maximum absolute atomic E-state index is 13.3. The molecule has 0 radical (unpaired) electrons. The summed E-state index contributed by atoms with van der Waals surface area (Å²) in [4.78, 5) is 25.9. The Morgan fingerprint density at radius 3 is 2.38 bits per heavy atom. The van der Waals surface area contributed by atoms with E-state index in [1.807, 2.05) is 4.90 Å². The molecule has 2 N–H and O–H groups in total. The number of hydrogen-bond donors (Lipinski definition) is 2. The third-order valence-corrected chi connectivity index (χ3v) is 5.64. The summed E-state index contributed by atoms with van der Waals surface area (Å²) >= 11 is 5.75. The van der Waals surface area contributed by atoms with Crippen molar-refractivity contribution in [1.82, 2.24) is 15.5 Å². The van der Waals surface area contributed by atoms with Crippen LogP contribution in [0, 0.1) is 11.7 Å². The van der Waals surface area contributed by atoms with E-state index in [1.54, 1.807) is 0 Å². The van der Waals surface area contributed by atoms with Crippen molar-refractivity contribution < 1.29 is 27.2 Å². The molecule has 2 amide bonds. The van der Waals surface area contributed by atoms with E-state index in [0.29, 0.717) is 32.5 Å². The average molecular weight is 436 g/mol. The summed E-state index contributed by atoms with van der Waals surface area (Å²) in [5, 5.41) is 5.02. The molecule has 2 fully saturated rings. The van der Waals surface area contributed by atoms with Crippen LogP contribution in [0.2, 0.25) is 5.02 Å². The van der Waals surface area contributed by atoms with Gasteiger partial charge in [-0.1, -0.05) is 11.6 Å². The number of carbonyl (C=O) groups excluding carboxylic acids is 2. The Morgan fingerprint density at radius 2 is 1.83 bits per heavy atom. The smallest absolute Gasteiger partial charge is 0.352 e. The number of hydrogen-bond acceptors (Lipinski definition) is 3. The van der Waals surface area contributed by atoms with Crippen LogP contribution in [0.3, 0.4) is 0 Å². The fourth-order valence-electron chi connectivity index (χ4n) is 3.49. The number of likely N-dealkylation sites (tertiary alicyclic amines) is 1. The van der Waals surface area contributed by atoms with Gasteiger partial charge in [-0.2, -0.15) is 13.2 Å². The average Bonchev–Trinajstić information content (AvgIpc) is 3.40. The summed E-state index contributed by atoms with van der Waals surface area (Å²) in [6.45, 7) is 1.43. The number of nitrogens with zero attached hydrogens (tertiary/aromatic N) is 1. The van der Waals surface area contributed by atoms with Gasteiger partial charge in [-0.3, -0.25) is 14.5 Å². The number of rotatable bonds is 6. The van der Waals surface area contributed by atoms with E-state index in [1.165, 1.54) is 6.07 Å². The summed E-state index contributed by atoms with van der Waals surface area (Å²) in [5.41, 5.74) is -1.89. The maximum Gasteiger partial charge on any atom is 0.411 e. The third-order valence-electron chi connectivity index (χ3n) is 5.42. The number of piperidine rings is 1. The second kappa shape index (κ2) is 8.47. The summed E-state index contributed by atoms with van der Waals surface area (Å²) in [5.74, 6) is -1.45. The van der Waals surface area contributed by atoms with Gasteiger partial charge in [0.2, 0.25) is 5.91 Å².